The van der Waals surface area contributed by atoms with E-state index in [1.807, 2.05) is 6.92 Å². The molecular formula is C15H23NO3. The maximum atomic E-state index is 11.8. The van der Waals surface area contributed by atoms with Gasteiger partial charge in [0.05, 0.1) is 0 Å². The number of nitrogens with one attached hydrogen (secondary N) is 1. The average Bonchev–Trinajstić information content (AvgIpc) is 2.37. The summed E-state index contributed by atoms with van der Waals surface area (Å²) in [5.41, 5.74) is 0.714. The summed E-state index contributed by atoms with van der Waals surface area (Å²) >= 11 is 0. The minimum absolute atomic E-state index is 0.00720. The fourth-order valence-electron chi connectivity index (χ4n) is 2.05. The molecule has 1 aromatic carbocycles. The number of amides is 1. The number of carbonyl (C=O) groups excluding carboxylic acids is 1. The van der Waals surface area contributed by atoms with Gasteiger partial charge in [0.15, 0.2) is 0 Å². The van der Waals surface area contributed by atoms with Crippen molar-refractivity contribution < 1.29 is 15.0 Å². The Labute approximate surface area is 114 Å². The van der Waals surface area contributed by atoms with Crippen molar-refractivity contribution in [3.63, 3.8) is 0 Å². The fourth-order valence-corrected chi connectivity index (χ4v) is 2.05. The monoisotopic (exact) mass is 265 g/mol. The van der Waals surface area contributed by atoms with Crippen molar-refractivity contribution in [3.8, 4) is 11.5 Å². The molecule has 106 valence electrons. The molecule has 4 heteroatoms. The smallest absolute Gasteiger partial charge is 0.220 e. The highest BCUT2D eigenvalue weighted by Gasteiger charge is 2.17. The summed E-state index contributed by atoms with van der Waals surface area (Å²) < 4.78 is 0. The van der Waals surface area contributed by atoms with Crippen LogP contribution in [0.2, 0.25) is 0 Å². The van der Waals surface area contributed by atoms with Crippen molar-refractivity contribution in [2.24, 2.45) is 0 Å². The van der Waals surface area contributed by atoms with Crippen LogP contribution in [0.3, 0.4) is 0 Å². The van der Waals surface area contributed by atoms with Crippen molar-refractivity contribution in [3.05, 3.63) is 23.8 Å². The summed E-state index contributed by atoms with van der Waals surface area (Å²) in [6.07, 6.45) is 3.15. The second kappa shape index (κ2) is 7.67. The lowest BCUT2D eigenvalue weighted by atomic mass is 9.92. The molecule has 0 aliphatic heterocycles. The first-order chi connectivity index (χ1) is 9.08. The number of unbranched alkanes of at least 4 members (excludes halogenated alkanes) is 1. The van der Waals surface area contributed by atoms with Crippen LogP contribution in [0.15, 0.2) is 18.2 Å². The summed E-state index contributed by atoms with van der Waals surface area (Å²) in [6, 6.07) is 4.53. The van der Waals surface area contributed by atoms with Gasteiger partial charge in [-0.1, -0.05) is 26.3 Å². The average molecular weight is 265 g/mol. The van der Waals surface area contributed by atoms with Gasteiger partial charge in [-0.05, 0) is 30.4 Å². The van der Waals surface area contributed by atoms with Crippen LogP contribution in [-0.4, -0.2) is 22.7 Å². The van der Waals surface area contributed by atoms with Crippen LogP contribution in [0.4, 0.5) is 0 Å². The molecule has 0 aromatic heterocycles. The first-order valence-corrected chi connectivity index (χ1v) is 6.87. The van der Waals surface area contributed by atoms with Gasteiger partial charge >= 0.3 is 0 Å². The molecule has 1 rings (SSSR count). The Kier molecular flexibility index (Phi) is 6.19. The number of hydrogen-bond donors (Lipinski definition) is 3. The van der Waals surface area contributed by atoms with E-state index in [4.69, 9.17) is 0 Å². The highest BCUT2D eigenvalue weighted by atomic mass is 16.3. The Balaban J connectivity index is 2.64. The molecule has 0 aliphatic rings. The van der Waals surface area contributed by atoms with E-state index in [1.54, 1.807) is 6.07 Å². The second-order valence-electron chi connectivity index (χ2n) is 4.76. The molecule has 0 saturated heterocycles. The summed E-state index contributed by atoms with van der Waals surface area (Å²) in [7, 11) is 0. The van der Waals surface area contributed by atoms with Crippen molar-refractivity contribution in [1.29, 1.82) is 0 Å². The van der Waals surface area contributed by atoms with Crippen molar-refractivity contribution in [1.82, 2.24) is 5.32 Å². The predicted octanol–water partition coefficient (Wildman–Crippen LogP) is 2.90. The van der Waals surface area contributed by atoms with E-state index in [1.165, 1.54) is 12.1 Å². The van der Waals surface area contributed by atoms with E-state index >= 15 is 0 Å². The van der Waals surface area contributed by atoms with Crippen LogP contribution < -0.4 is 5.32 Å². The van der Waals surface area contributed by atoms with Gasteiger partial charge < -0.3 is 15.5 Å². The molecule has 19 heavy (non-hydrogen) atoms. The first kappa shape index (κ1) is 15.3. The van der Waals surface area contributed by atoms with E-state index in [-0.39, 0.29) is 23.3 Å². The van der Waals surface area contributed by atoms with Crippen LogP contribution >= 0.6 is 0 Å². The highest BCUT2D eigenvalue weighted by Crippen LogP contribution is 2.32. The fraction of sp³-hybridized carbons (Fsp3) is 0.533. The third kappa shape index (κ3) is 4.81. The molecule has 0 bridgehead atoms. The molecular weight excluding hydrogens is 242 g/mol. The van der Waals surface area contributed by atoms with Crippen LogP contribution in [0.1, 0.15) is 51.0 Å². The molecule has 3 N–H and O–H groups in total. The molecule has 1 unspecified atom stereocenters. The predicted molar refractivity (Wildman–Crippen MR) is 75.3 cm³/mol. The molecule has 0 spiro atoms. The molecule has 0 saturated carbocycles. The Bertz CT molecular complexity index is 418. The topological polar surface area (TPSA) is 69.6 Å². The summed E-state index contributed by atoms with van der Waals surface area (Å²) in [6.45, 7) is 4.76. The van der Waals surface area contributed by atoms with Gasteiger partial charge in [0.1, 0.15) is 11.5 Å². The number of phenols is 2. The minimum atomic E-state index is -0.0257. The van der Waals surface area contributed by atoms with Gasteiger partial charge in [-0.2, -0.15) is 0 Å². The van der Waals surface area contributed by atoms with Crippen LogP contribution in [0.25, 0.3) is 0 Å². The Morgan fingerprint density at radius 1 is 1.32 bits per heavy atom. The highest BCUT2D eigenvalue weighted by molar-refractivity contribution is 5.77. The molecule has 0 radical (unpaired) electrons. The van der Waals surface area contributed by atoms with Gasteiger partial charge in [-0.25, -0.2) is 0 Å². The van der Waals surface area contributed by atoms with Gasteiger partial charge in [0.2, 0.25) is 5.91 Å². The molecule has 0 aliphatic carbocycles. The second-order valence-corrected chi connectivity index (χ2v) is 4.76. The number of phenolic OH excluding ortho intramolecular Hbond substituents is 2. The molecule has 1 amide bonds. The van der Waals surface area contributed by atoms with E-state index in [9.17, 15) is 15.0 Å². The van der Waals surface area contributed by atoms with Gasteiger partial charge in [0.25, 0.3) is 0 Å². The van der Waals surface area contributed by atoms with Crippen LogP contribution in [0, 0.1) is 0 Å². The molecule has 0 fully saturated rings. The quantitative estimate of drug-likeness (QED) is 0.664. The Morgan fingerprint density at radius 2 is 2.05 bits per heavy atom. The van der Waals surface area contributed by atoms with Crippen LogP contribution in [-0.2, 0) is 4.79 Å². The lowest BCUT2D eigenvalue weighted by Gasteiger charge is -2.16. The number of carbonyl (C=O) groups is 1. The van der Waals surface area contributed by atoms with Crippen molar-refractivity contribution in [2.45, 2.75) is 45.4 Å². The van der Waals surface area contributed by atoms with E-state index < -0.39 is 0 Å². The van der Waals surface area contributed by atoms with Crippen LogP contribution in [0.5, 0.6) is 11.5 Å². The zero-order chi connectivity index (χ0) is 14.3. The zero-order valence-corrected chi connectivity index (χ0v) is 11.6. The first-order valence-electron chi connectivity index (χ1n) is 6.87. The Hall–Kier alpha value is -1.71. The number of aromatic hydroxyl groups is 2. The molecule has 0 heterocycles. The maximum absolute atomic E-state index is 11.8. The standard InChI is InChI=1S/C15H23NO3/c1-3-5-8-16-15(19)9-11(4-2)13-7-6-12(17)10-14(13)18/h6-7,10-11,17-18H,3-5,8-9H2,1-2H3,(H,16,19). The number of hydrogen-bond acceptors (Lipinski definition) is 3. The van der Waals surface area contributed by atoms with E-state index in [0.717, 1.165) is 19.3 Å². The summed E-state index contributed by atoms with van der Waals surface area (Å²) in [5.74, 6) is 0.0618. The van der Waals surface area contributed by atoms with E-state index in [2.05, 4.69) is 12.2 Å². The van der Waals surface area contributed by atoms with Crippen molar-refractivity contribution in [2.75, 3.05) is 6.54 Å². The van der Waals surface area contributed by atoms with Gasteiger partial charge in [-0.15, -0.1) is 0 Å². The summed E-state index contributed by atoms with van der Waals surface area (Å²) in [4.78, 5) is 11.8. The summed E-state index contributed by atoms with van der Waals surface area (Å²) in [5, 5.41) is 22.0. The normalized spacial score (nSPS) is 12.1. The van der Waals surface area contributed by atoms with Gasteiger partial charge in [-0.3, -0.25) is 4.79 Å². The lowest BCUT2D eigenvalue weighted by molar-refractivity contribution is -0.121. The zero-order valence-electron chi connectivity index (χ0n) is 11.6. The Morgan fingerprint density at radius 3 is 2.63 bits per heavy atom. The largest absolute Gasteiger partial charge is 0.508 e. The molecule has 1 atom stereocenters. The lowest BCUT2D eigenvalue weighted by Crippen LogP contribution is -2.25. The number of benzene rings is 1. The molecule has 4 nitrogen and oxygen atoms in total. The third-order valence-corrected chi connectivity index (χ3v) is 3.23. The van der Waals surface area contributed by atoms with Crippen molar-refractivity contribution >= 4 is 5.91 Å². The third-order valence-electron chi connectivity index (χ3n) is 3.23. The molecule has 1 aromatic rings. The maximum Gasteiger partial charge on any atom is 0.220 e. The van der Waals surface area contributed by atoms with E-state index in [0.29, 0.717) is 18.5 Å². The minimum Gasteiger partial charge on any atom is -0.508 e. The SMILES string of the molecule is CCCCNC(=O)CC(CC)c1ccc(O)cc1O. The number of rotatable bonds is 7. The van der Waals surface area contributed by atoms with Gasteiger partial charge in [0, 0.05) is 19.0 Å².